The van der Waals surface area contributed by atoms with Gasteiger partial charge in [-0.25, -0.2) is 0 Å². The topological polar surface area (TPSA) is 38.1 Å². The Labute approximate surface area is 106 Å². The number of hydrogen-bond donors (Lipinski definition) is 1. The summed E-state index contributed by atoms with van der Waals surface area (Å²) in [5, 5.41) is 9.61. The van der Waals surface area contributed by atoms with Crippen molar-refractivity contribution in [2.24, 2.45) is 0 Å². The van der Waals surface area contributed by atoms with Crippen LogP contribution < -0.4 is 5.32 Å². The highest BCUT2D eigenvalue weighted by atomic mass is 32.1. The lowest BCUT2D eigenvalue weighted by atomic mass is 10.1. The molecule has 0 spiro atoms. The van der Waals surface area contributed by atoms with Crippen LogP contribution in [0, 0.1) is 13.8 Å². The second-order valence-corrected chi connectivity index (χ2v) is 5.28. The summed E-state index contributed by atoms with van der Waals surface area (Å²) in [6, 6.07) is 4.56. The largest absolute Gasteiger partial charge is 0.361 e. The Hall–Kier alpha value is -1.13. The van der Waals surface area contributed by atoms with Gasteiger partial charge in [0.2, 0.25) is 0 Å². The Balaban J connectivity index is 1.87. The summed E-state index contributed by atoms with van der Waals surface area (Å²) in [6.07, 6.45) is 1.07. The summed E-state index contributed by atoms with van der Waals surface area (Å²) < 4.78 is 5.18. The highest BCUT2D eigenvalue weighted by molar-refractivity contribution is 7.09. The standard InChI is InChI=1S/C13H18N2OS/c1-9(13-10(2)15-16-11(13)3)14-7-6-12-5-4-8-17-12/h4-5,8-9,14H,6-7H2,1-3H3. The molecule has 2 aromatic heterocycles. The van der Waals surface area contributed by atoms with Crippen LogP contribution in [0.3, 0.4) is 0 Å². The second-order valence-electron chi connectivity index (χ2n) is 4.24. The monoisotopic (exact) mass is 250 g/mol. The smallest absolute Gasteiger partial charge is 0.138 e. The number of nitrogens with one attached hydrogen (secondary N) is 1. The van der Waals surface area contributed by atoms with Crippen LogP contribution in [0.5, 0.6) is 0 Å². The van der Waals surface area contributed by atoms with Gasteiger partial charge in [0.05, 0.1) is 5.69 Å². The molecule has 0 bridgehead atoms. The fourth-order valence-electron chi connectivity index (χ4n) is 2.08. The van der Waals surface area contributed by atoms with Crippen LogP contribution in [0.15, 0.2) is 22.0 Å². The quantitative estimate of drug-likeness (QED) is 0.885. The number of aryl methyl sites for hydroxylation is 2. The molecule has 0 aliphatic heterocycles. The van der Waals surface area contributed by atoms with Crippen LogP contribution >= 0.6 is 11.3 Å². The van der Waals surface area contributed by atoms with Gasteiger partial charge in [0.1, 0.15) is 5.76 Å². The molecule has 1 unspecified atom stereocenters. The Morgan fingerprint density at radius 1 is 1.47 bits per heavy atom. The summed E-state index contributed by atoms with van der Waals surface area (Å²) >= 11 is 1.81. The normalized spacial score (nSPS) is 12.9. The van der Waals surface area contributed by atoms with Gasteiger partial charge in [-0.05, 0) is 38.6 Å². The maximum Gasteiger partial charge on any atom is 0.138 e. The van der Waals surface area contributed by atoms with Gasteiger partial charge in [0.15, 0.2) is 0 Å². The fraction of sp³-hybridized carbons (Fsp3) is 0.462. The molecule has 17 heavy (non-hydrogen) atoms. The zero-order valence-electron chi connectivity index (χ0n) is 10.5. The summed E-state index contributed by atoms with van der Waals surface area (Å²) in [6.45, 7) is 7.09. The van der Waals surface area contributed by atoms with Crippen LogP contribution in [0.4, 0.5) is 0 Å². The first kappa shape index (κ1) is 12.3. The fourth-order valence-corrected chi connectivity index (χ4v) is 2.79. The molecule has 1 atom stereocenters. The predicted octanol–water partition coefficient (Wildman–Crippen LogP) is 3.25. The van der Waals surface area contributed by atoms with Crippen LogP contribution in [0.2, 0.25) is 0 Å². The van der Waals surface area contributed by atoms with Crippen molar-refractivity contribution in [2.45, 2.75) is 33.2 Å². The molecule has 0 aliphatic carbocycles. The Kier molecular flexibility index (Phi) is 3.97. The minimum atomic E-state index is 0.293. The highest BCUT2D eigenvalue weighted by Gasteiger charge is 2.15. The second kappa shape index (κ2) is 5.47. The molecule has 2 heterocycles. The third-order valence-electron chi connectivity index (χ3n) is 2.92. The van der Waals surface area contributed by atoms with Crippen LogP contribution in [-0.4, -0.2) is 11.7 Å². The minimum Gasteiger partial charge on any atom is -0.361 e. The molecule has 3 nitrogen and oxygen atoms in total. The molecular formula is C13H18N2OS. The van der Waals surface area contributed by atoms with Crippen molar-refractivity contribution in [3.63, 3.8) is 0 Å². The molecular weight excluding hydrogens is 232 g/mol. The van der Waals surface area contributed by atoms with E-state index in [1.54, 1.807) is 0 Å². The molecule has 0 fully saturated rings. The number of thiophene rings is 1. The van der Waals surface area contributed by atoms with Crippen molar-refractivity contribution in [1.82, 2.24) is 10.5 Å². The predicted molar refractivity (Wildman–Crippen MR) is 70.4 cm³/mol. The lowest BCUT2D eigenvalue weighted by Gasteiger charge is -2.13. The average molecular weight is 250 g/mol. The maximum atomic E-state index is 5.18. The minimum absolute atomic E-state index is 0.293. The number of nitrogens with zero attached hydrogens (tertiary/aromatic N) is 1. The van der Waals surface area contributed by atoms with Crippen LogP contribution in [-0.2, 0) is 6.42 Å². The zero-order valence-corrected chi connectivity index (χ0v) is 11.3. The Morgan fingerprint density at radius 3 is 2.88 bits per heavy atom. The van der Waals surface area contributed by atoms with E-state index in [9.17, 15) is 0 Å². The van der Waals surface area contributed by atoms with Gasteiger partial charge < -0.3 is 9.84 Å². The van der Waals surface area contributed by atoms with Gasteiger partial charge in [-0.15, -0.1) is 11.3 Å². The van der Waals surface area contributed by atoms with Gasteiger partial charge in [0.25, 0.3) is 0 Å². The summed E-state index contributed by atoms with van der Waals surface area (Å²) in [5.74, 6) is 0.915. The average Bonchev–Trinajstić information content (AvgIpc) is 2.89. The van der Waals surface area contributed by atoms with Crippen molar-refractivity contribution in [2.75, 3.05) is 6.54 Å². The Bertz CT molecular complexity index is 442. The van der Waals surface area contributed by atoms with E-state index < -0.39 is 0 Å². The van der Waals surface area contributed by atoms with Crippen molar-refractivity contribution in [3.8, 4) is 0 Å². The van der Waals surface area contributed by atoms with E-state index >= 15 is 0 Å². The van der Waals surface area contributed by atoms with Gasteiger partial charge in [-0.2, -0.15) is 0 Å². The van der Waals surface area contributed by atoms with Crippen molar-refractivity contribution >= 4 is 11.3 Å². The summed E-state index contributed by atoms with van der Waals surface area (Å²) in [7, 11) is 0. The van der Waals surface area contributed by atoms with E-state index in [0.717, 1.165) is 24.4 Å². The van der Waals surface area contributed by atoms with Crippen molar-refractivity contribution in [1.29, 1.82) is 0 Å². The molecule has 0 amide bonds. The van der Waals surface area contributed by atoms with E-state index in [1.165, 1.54) is 10.4 Å². The van der Waals surface area contributed by atoms with Gasteiger partial charge in [0, 0.05) is 23.0 Å². The molecule has 2 aromatic rings. The molecule has 0 saturated carbocycles. The molecule has 92 valence electrons. The number of hydrogen-bond acceptors (Lipinski definition) is 4. The van der Waals surface area contributed by atoms with Crippen LogP contribution in [0.1, 0.15) is 34.9 Å². The first-order valence-corrected chi connectivity index (χ1v) is 6.75. The van der Waals surface area contributed by atoms with E-state index in [2.05, 4.69) is 34.9 Å². The maximum absolute atomic E-state index is 5.18. The highest BCUT2D eigenvalue weighted by Crippen LogP contribution is 2.20. The molecule has 0 aromatic carbocycles. The number of rotatable bonds is 5. The SMILES string of the molecule is Cc1noc(C)c1C(C)NCCc1cccs1. The molecule has 0 aliphatic rings. The van der Waals surface area contributed by atoms with Gasteiger partial charge in [-0.3, -0.25) is 0 Å². The first-order chi connectivity index (χ1) is 8.18. The lowest BCUT2D eigenvalue weighted by Crippen LogP contribution is -2.21. The van der Waals surface area contributed by atoms with E-state index in [0.29, 0.717) is 6.04 Å². The number of aromatic nitrogens is 1. The molecule has 0 radical (unpaired) electrons. The van der Waals surface area contributed by atoms with E-state index in [1.807, 2.05) is 25.2 Å². The van der Waals surface area contributed by atoms with Gasteiger partial charge in [-0.1, -0.05) is 11.2 Å². The van der Waals surface area contributed by atoms with Crippen molar-refractivity contribution < 1.29 is 4.52 Å². The third-order valence-corrected chi connectivity index (χ3v) is 3.86. The lowest BCUT2D eigenvalue weighted by molar-refractivity contribution is 0.390. The summed E-state index contributed by atoms with van der Waals surface area (Å²) in [5.41, 5.74) is 2.18. The molecule has 1 N–H and O–H groups in total. The van der Waals surface area contributed by atoms with Gasteiger partial charge >= 0.3 is 0 Å². The zero-order chi connectivity index (χ0) is 12.3. The molecule has 4 heteroatoms. The van der Waals surface area contributed by atoms with Crippen molar-refractivity contribution in [3.05, 3.63) is 39.4 Å². The molecule has 2 rings (SSSR count). The Morgan fingerprint density at radius 2 is 2.29 bits per heavy atom. The first-order valence-electron chi connectivity index (χ1n) is 5.87. The third kappa shape index (κ3) is 2.96. The van der Waals surface area contributed by atoms with E-state index in [4.69, 9.17) is 4.52 Å². The van der Waals surface area contributed by atoms with E-state index in [-0.39, 0.29) is 0 Å². The van der Waals surface area contributed by atoms with Crippen LogP contribution in [0.25, 0.3) is 0 Å². The molecule has 0 saturated heterocycles. The summed E-state index contributed by atoms with van der Waals surface area (Å²) in [4.78, 5) is 1.42.